The second-order valence-electron chi connectivity index (χ2n) is 10.1. The van der Waals surface area contributed by atoms with Crippen LogP contribution >= 0.6 is 0 Å². The first kappa shape index (κ1) is 28.9. The monoisotopic (exact) mass is 500 g/mol. The highest BCUT2D eigenvalue weighted by molar-refractivity contribution is 5.95. The number of alkyl carbamates (subject to hydrolysis) is 1. The third kappa shape index (κ3) is 9.02. The van der Waals surface area contributed by atoms with Crippen LogP contribution in [-0.2, 0) is 19.1 Å². The third-order valence-electron chi connectivity index (χ3n) is 5.66. The summed E-state index contributed by atoms with van der Waals surface area (Å²) in [5.41, 5.74) is 6.04. The largest absolute Gasteiger partial charge is 0.444 e. The number of primary amides is 1. The molecule has 4 amide bonds. The van der Waals surface area contributed by atoms with E-state index in [0.717, 1.165) is 24.8 Å². The van der Waals surface area contributed by atoms with Crippen molar-refractivity contribution in [1.82, 2.24) is 15.5 Å². The highest BCUT2D eigenvalue weighted by atomic mass is 16.6. The van der Waals surface area contributed by atoms with Crippen LogP contribution in [0.25, 0.3) is 6.08 Å². The topological polar surface area (TPSA) is 131 Å². The lowest BCUT2D eigenvalue weighted by molar-refractivity contribution is -0.144. The summed E-state index contributed by atoms with van der Waals surface area (Å²) in [6.07, 6.45) is 4.64. The van der Waals surface area contributed by atoms with Gasteiger partial charge in [0, 0.05) is 12.6 Å². The van der Waals surface area contributed by atoms with Gasteiger partial charge in [0.05, 0.1) is 6.42 Å². The van der Waals surface area contributed by atoms with Gasteiger partial charge in [0.25, 0.3) is 0 Å². The van der Waals surface area contributed by atoms with E-state index in [9.17, 15) is 19.2 Å². The van der Waals surface area contributed by atoms with Crippen molar-refractivity contribution < 1.29 is 23.9 Å². The molecular formula is C27H40N4O5. The molecule has 2 atom stereocenters. The molecule has 0 heterocycles. The number of ether oxygens (including phenoxy) is 1. The zero-order valence-corrected chi connectivity index (χ0v) is 21.8. The highest BCUT2D eigenvalue weighted by Crippen LogP contribution is 2.36. The average Bonchev–Trinajstić information content (AvgIpc) is 3.62. The summed E-state index contributed by atoms with van der Waals surface area (Å²) in [6.45, 7) is 11.4. The minimum Gasteiger partial charge on any atom is -0.444 e. The van der Waals surface area contributed by atoms with Gasteiger partial charge in [-0.05, 0) is 57.2 Å². The summed E-state index contributed by atoms with van der Waals surface area (Å²) in [5, 5.41) is 5.46. The van der Waals surface area contributed by atoms with E-state index in [2.05, 4.69) is 24.1 Å². The van der Waals surface area contributed by atoms with Gasteiger partial charge in [-0.25, -0.2) is 4.79 Å². The van der Waals surface area contributed by atoms with E-state index >= 15 is 0 Å². The molecule has 1 saturated carbocycles. The van der Waals surface area contributed by atoms with Crippen LogP contribution in [0.2, 0.25) is 0 Å². The molecule has 36 heavy (non-hydrogen) atoms. The fourth-order valence-corrected chi connectivity index (χ4v) is 3.88. The number of nitrogens with one attached hydrogen (secondary N) is 2. The Morgan fingerprint density at radius 2 is 1.92 bits per heavy atom. The Balaban J connectivity index is 2.42. The first-order valence-corrected chi connectivity index (χ1v) is 12.6. The molecule has 0 bridgehead atoms. The molecule has 0 radical (unpaired) electrons. The van der Waals surface area contributed by atoms with Crippen LogP contribution in [-0.4, -0.2) is 52.9 Å². The van der Waals surface area contributed by atoms with Crippen molar-refractivity contribution in [3.8, 4) is 0 Å². The zero-order chi connectivity index (χ0) is 26.9. The average molecular weight is 501 g/mol. The Hall–Kier alpha value is -3.36. The number of nitrogens with two attached hydrogens (primary N) is 1. The molecule has 2 unspecified atom stereocenters. The maximum Gasteiger partial charge on any atom is 0.408 e. The van der Waals surface area contributed by atoms with Gasteiger partial charge in [-0.3, -0.25) is 14.4 Å². The molecule has 1 aliphatic carbocycles. The number of benzene rings is 1. The molecule has 0 saturated heterocycles. The van der Waals surface area contributed by atoms with Crippen LogP contribution in [0.5, 0.6) is 0 Å². The molecule has 198 valence electrons. The van der Waals surface area contributed by atoms with Crippen molar-refractivity contribution in [2.75, 3.05) is 6.54 Å². The lowest BCUT2D eigenvalue weighted by Crippen LogP contribution is -2.54. The molecule has 2 rings (SSSR count). The second-order valence-corrected chi connectivity index (χ2v) is 10.1. The molecule has 0 aromatic heterocycles. The summed E-state index contributed by atoms with van der Waals surface area (Å²) >= 11 is 0. The molecule has 1 aliphatic rings. The molecule has 9 nitrogen and oxygen atoms in total. The van der Waals surface area contributed by atoms with Crippen LogP contribution < -0.4 is 16.4 Å². The van der Waals surface area contributed by atoms with Gasteiger partial charge in [0.15, 0.2) is 0 Å². The Kier molecular flexibility index (Phi) is 10.5. The van der Waals surface area contributed by atoms with Gasteiger partial charge < -0.3 is 26.0 Å². The second kappa shape index (κ2) is 13.1. The quantitative estimate of drug-likeness (QED) is 0.357. The maximum absolute atomic E-state index is 13.9. The minimum atomic E-state index is -1.27. The molecular weight excluding hydrogens is 460 g/mol. The normalized spacial score (nSPS) is 14.8. The van der Waals surface area contributed by atoms with E-state index in [4.69, 9.17) is 10.5 Å². The van der Waals surface area contributed by atoms with E-state index in [-0.39, 0.29) is 11.9 Å². The van der Waals surface area contributed by atoms with Gasteiger partial charge >= 0.3 is 6.09 Å². The van der Waals surface area contributed by atoms with Crippen molar-refractivity contribution >= 4 is 29.9 Å². The predicted molar refractivity (Wildman–Crippen MR) is 139 cm³/mol. The number of carbonyl (C=O) groups is 4. The Morgan fingerprint density at radius 3 is 2.47 bits per heavy atom. The van der Waals surface area contributed by atoms with Crippen molar-refractivity contribution in [1.29, 1.82) is 0 Å². The summed E-state index contributed by atoms with van der Waals surface area (Å²) in [4.78, 5) is 53.1. The van der Waals surface area contributed by atoms with Crippen molar-refractivity contribution in [3.05, 3.63) is 42.0 Å². The summed E-state index contributed by atoms with van der Waals surface area (Å²) < 4.78 is 5.29. The summed E-state index contributed by atoms with van der Waals surface area (Å²) in [5.74, 6) is -1.63. The SMILES string of the molecule is C=Cc1cccc(C(C(=O)NCCCCC)N(C(=O)C(CC(N)=O)NC(=O)OC(C)(C)C)C2CC2)c1. The number of hydrogen-bond donors (Lipinski definition) is 3. The predicted octanol–water partition coefficient (Wildman–Crippen LogP) is 3.44. The van der Waals surface area contributed by atoms with E-state index < -0.39 is 42.0 Å². The number of carbonyl (C=O) groups excluding carboxylic acids is 4. The van der Waals surface area contributed by atoms with E-state index in [1.54, 1.807) is 39.0 Å². The van der Waals surface area contributed by atoms with Crippen LogP contribution in [0.1, 0.15) is 83.4 Å². The van der Waals surface area contributed by atoms with Crippen molar-refractivity contribution in [3.63, 3.8) is 0 Å². The smallest absolute Gasteiger partial charge is 0.408 e. The molecule has 0 spiro atoms. The van der Waals surface area contributed by atoms with E-state index in [0.29, 0.717) is 24.9 Å². The Bertz CT molecular complexity index is 952. The number of unbranched alkanes of at least 4 members (excludes halogenated alkanes) is 2. The van der Waals surface area contributed by atoms with Crippen LogP contribution in [0.15, 0.2) is 30.8 Å². The molecule has 0 aliphatic heterocycles. The highest BCUT2D eigenvalue weighted by Gasteiger charge is 2.44. The summed E-state index contributed by atoms with van der Waals surface area (Å²) in [7, 11) is 0. The fraction of sp³-hybridized carbons (Fsp3) is 0.556. The number of rotatable bonds is 13. The minimum absolute atomic E-state index is 0.202. The van der Waals surface area contributed by atoms with E-state index in [1.165, 1.54) is 4.90 Å². The molecule has 1 aromatic carbocycles. The van der Waals surface area contributed by atoms with Crippen LogP contribution in [0.4, 0.5) is 4.79 Å². The Labute approximate surface area is 213 Å². The lowest BCUT2D eigenvalue weighted by atomic mass is 9.99. The van der Waals surface area contributed by atoms with E-state index in [1.807, 2.05) is 12.1 Å². The summed E-state index contributed by atoms with van der Waals surface area (Å²) in [6, 6.07) is 4.85. The van der Waals surface area contributed by atoms with Crippen molar-refractivity contribution in [2.24, 2.45) is 5.73 Å². The van der Waals surface area contributed by atoms with Gasteiger partial charge in [-0.15, -0.1) is 0 Å². The number of nitrogens with zero attached hydrogens (tertiary/aromatic N) is 1. The fourth-order valence-electron chi connectivity index (χ4n) is 3.88. The van der Waals surface area contributed by atoms with Crippen LogP contribution in [0.3, 0.4) is 0 Å². The first-order chi connectivity index (χ1) is 17.0. The zero-order valence-electron chi connectivity index (χ0n) is 21.8. The molecule has 1 aromatic rings. The molecule has 1 fully saturated rings. The van der Waals surface area contributed by atoms with Gasteiger partial charge in [0.2, 0.25) is 17.7 Å². The van der Waals surface area contributed by atoms with Gasteiger partial charge in [-0.2, -0.15) is 0 Å². The molecule has 9 heteroatoms. The first-order valence-electron chi connectivity index (χ1n) is 12.6. The standard InChI is InChI=1S/C27H40N4O5/c1-6-8-9-15-29-24(33)23(19-12-10-11-18(7-2)16-19)31(20-13-14-20)25(34)21(17-22(28)32)30-26(35)36-27(3,4)5/h7,10-12,16,20-21,23H,2,6,8-9,13-15,17H2,1,3-5H3,(H2,28,32)(H,29,33)(H,30,35). The van der Waals surface area contributed by atoms with Gasteiger partial charge in [-0.1, -0.05) is 50.6 Å². The van der Waals surface area contributed by atoms with Crippen molar-refractivity contribution in [2.45, 2.75) is 89.9 Å². The number of amides is 4. The third-order valence-corrected chi connectivity index (χ3v) is 5.66. The number of hydrogen-bond acceptors (Lipinski definition) is 5. The van der Waals surface area contributed by atoms with Gasteiger partial charge in [0.1, 0.15) is 17.7 Å². The van der Waals surface area contributed by atoms with Crippen LogP contribution in [0, 0.1) is 0 Å². The maximum atomic E-state index is 13.9. The lowest BCUT2D eigenvalue weighted by Gasteiger charge is -2.34. The molecule has 4 N–H and O–H groups in total. The Morgan fingerprint density at radius 1 is 1.22 bits per heavy atom.